The van der Waals surface area contributed by atoms with Crippen LogP contribution in [0.5, 0.6) is 0 Å². The van der Waals surface area contributed by atoms with Crippen LogP contribution in [-0.4, -0.2) is 51.6 Å². The van der Waals surface area contributed by atoms with E-state index < -0.39 is 10.8 Å². The highest BCUT2D eigenvalue weighted by atomic mass is 32.2. The van der Waals surface area contributed by atoms with Gasteiger partial charge in [-0.05, 0) is 12.1 Å². The first-order chi connectivity index (χ1) is 8.20. The maximum absolute atomic E-state index is 12.1. The van der Waals surface area contributed by atoms with Gasteiger partial charge in [-0.15, -0.1) is 0 Å². The molecule has 0 unspecified atom stereocenters. The Hall–Kier alpha value is -1.43. The summed E-state index contributed by atoms with van der Waals surface area (Å²) in [5.74, 6) is 1.82. The summed E-state index contributed by atoms with van der Waals surface area (Å²) in [6.45, 7) is 1.14. The normalized spacial score (nSPS) is 16.9. The molecule has 0 aliphatic carbocycles. The van der Waals surface area contributed by atoms with Crippen LogP contribution in [-0.2, 0) is 10.8 Å². The van der Waals surface area contributed by atoms with Gasteiger partial charge in [0.25, 0.3) is 5.91 Å². The standard InChI is InChI=1S/C11H15N3O2S/c1-12-10-8-9(2-3-13-10)11(15)14-4-6-17(16)7-5-14/h2-3,8H,4-7H2,1H3,(H,12,13). The summed E-state index contributed by atoms with van der Waals surface area (Å²) in [5, 5.41) is 2.90. The summed E-state index contributed by atoms with van der Waals surface area (Å²) < 4.78 is 11.2. The highest BCUT2D eigenvalue weighted by molar-refractivity contribution is 7.85. The van der Waals surface area contributed by atoms with Gasteiger partial charge in [0.2, 0.25) is 0 Å². The number of aromatic nitrogens is 1. The molecule has 1 amide bonds. The molecule has 1 aliphatic rings. The molecular formula is C11H15N3O2S. The lowest BCUT2D eigenvalue weighted by Gasteiger charge is -2.26. The van der Waals surface area contributed by atoms with E-state index in [0.29, 0.717) is 36.0 Å². The molecule has 1 fully saturated rings. The number of rotatable bonds is 2. The number of anilines is 1. The van der Waals surface area contributed by atoms with Crippen molar-refractivity contribution in [3.63, 3.8) is 0 Å². The summed E-state index contributed by atoms with van der Waals surface area (Å²) in [4.78, 5) is 18.0. The van der Waals surface area contributed by atoms with Gasteiger partial charge in [0.05, 0.1) is 0 Å². The Balaban J connectivity index is 2.10. The Bertz CT molecular complexity index is 440. The van der Waals surface area contributed by atoms with E-state index in [0.717, 1.165) is 0 Å². The summed E-state index contributed by atoms with van der Waals surface area (Å²) in [6.07, 6.45) is 1.61. The molecule has 2 heterocycles. The van der Waals surface area contributed by atoms with Gasteiger partial charge in [-0.3, -0.25) is 9.00 Å². The second kappa shape index (κ2) is 5.27. The van der Waals surface area contributed by atoms with Crippen molar-refractivity contribution in [3.8, 4) is 0 Å². The molecular weight excluding hydrogens is 238 g/mol. The minimum absolute atomic E-state index is 0.0133. The van der Waals surface area contributed by atoms with E-state index in [-0.39, 0.29) is 5.91 Å². The first kappa shape index (κ1) is 12.0. The molecule has 1 aromatic heterocycles. The van der Waals surface area contributed by atoms with Crippen molar-refractivity contribution in [3.05, 3.63) is 23.9 Å². The van der Waals surface area contributed by atoms with Crippen LogP contribution in [0.2, 0.25) is 0 Å². The van der Waals surface area contributed by atoms with Crippen molar-refractivity contribution in [2.24, 2.45) is 0 Å². The van der Waals surface area contributed by atoms with Crippen LogP contribution in [0, 0.1) is 0 Å². The quantitative estimate of drug-likeness (QED) is 0.825. The van der Waals surface area contributed by atoms with E-state index in [1.165, 1.54) is 0 Å². The van der Waals surface area contributed by atoms with Crippen molar-refractivity contribution in [1.82, 2.24) is 9.88 Å². The van der Waals surface area contributed by atoms with Crippen LogP contribution in [0.1, 0.15) is 10.4 Å². The number of amides is 1. The first-order valence-electron chi connectivity index (χ1n) is 5.49. The molecule has 5 nitrogen and oxygen atoms in total. The molecule has 92 valence electrons. The van der Waals surface area contributed by atoms with Crippen molar-refractivity contribution in [1.29, 1.82) is 0 Å². The summed E-state index contributed by atoms with van der Waals surface area (Å²) in [7, 11) is 1.01. The van der Waals surface area contributed by atoms with Crippen molar-refractivity contribution < 1.29 is 9.00 Å². The highest BCUT2D eigenvalue weighted by Crippen LogP contribution is 2.11. The van der Waals surface area contributed by atoms with Crippen LogP contribution in [0.3, 0.4) is 0 Å². The number of hydrogen-bond donors (Lipinski definition) is 1. The molecule has 17 heavy (non-hydrogen) atoms. The average Bonchev–Trinajstić information content (AvgIpc) is 2.39. The number of carbonyl (C=O) groups is 1. The number of nitrogens with one attached hydrogen (secondary N) is 1. The van der Waals surface area contributed by atoms with Gasteiger partial charge in [-0.2, -0.15) is 0 Å². The van der Waals surface area contributed by atoms with E-state index in [4.69, 9.17) is 0 Å². The topological polar surface area (TPSA) is 62.3 Å². The van der Waals surface area contributed by atoms with Crippen molar-refractivity contribution in [2.75, 3.05) is 37.0 Å². The highest BCUT2D eigenvalue weighted by Gasteiger charge is 2.21. The Kier molecular flexibility index (Phi) is 3.73. The third-order valence-electron chi connectivity index (χ3n) is 2.73. The van der Waals surface area contributed by atoms with Crippen LogP contribution in [0.15, 0.2) is 18.3 Å². The van der Waals surface area contributed by atoms with Gasteiger partial charge in [0.15, 0.2) is 0 Å². The van der Waals surface area contributed by atoms with Gasteiger partial charge in [0, 0.05) is 54.2 Å². The van der Waals surface area contributed by atoms with E-state index in [1.54, 1.807) is 30.3 Å². The minimum Gasteiger partial charge on any atom is -0.373 e. The predicted octanol–water partition coefficient (Wildman–Crippen LogP) is 0.328. The molecule has 0 radical (unpaired) electrons. The molecule has 0 bridgehead atoms. The zero-order chi connectivity index (χ0) is 12.3. The number of pyridine rings is 1. The summed E-state index contributed by atoms with van der Waals surface area (Å²) in [6, 6.07) is 3.43. The third kappa shape index (κ3) is 2.82. The zero-order valence-electron chi connectivity index (χ0n) is 9.68. The Labute approximate surface area is 103 Å². The first-order valence-corrected chi connectivity index (χ1v) is 6.97. The largest absolute Gasteiger partial charge is 0.373 e. The maximum Gasteiger partial charge on any atom is 0.254 e. The maximum atomic E-state index is 12.1. The minimum atomic E-state index is -0.758. The number of nitrogens with zero attached hydrogens (tertiary/aromatic N) is 2. The molecule has 0 atom stereocenters. The lowest BCUT2D eigenvalue weighted by atomic mass is 10.2. The van der Waals surface area contributed by atoms with Crippen LogP contribution < -0.4 is 5.32 Å². The van der Waals surface area contributed by atoms with Gasteiger partial charge in [-0.25, -0.2) is 4.98 Å². The van der Waals surface area contributed by atoms with Crippen molar-refractivity contribution >= 4 is 22.5 Å². The van der Waals surface area contributed by atoms with E-state index in [9.17, 15) is 9.00 Å². The molecule has 2 rings (SSSR count). The van der Waals surface area contributed by atoms with Crippen molar-refractivity contribution in [2.45, 2.75) is 0 Å². The summed E-state index contributed by atoms with van der Waals surface area (Å²) in [5.41, 5.74) is 0.622. The Morgan fingerprint density at radius 2 is 2.18 bits per heavy atom. The SMILES string of the molecule is CNc1cc(C(=O)N2CCS(=O)CC2)ccn1. The Morgan fingerprint density at radius 1 is 1.47 bits per heavy atom. The van der Waals surface area contributed by atoms with E-state index in [2.05, 4.69) is 10.3 Å². The van der Waals surface area contributed by atoms with Crippen LogP contribution in [0.25, 0.3) is 0 Å². The summed E-state index contributed by atoms with van der Waals surface area (Å²) >= 11 is 0. The molecule has 0 saturated carbocycles. The molecule has 0 aromatic carbocycles. The lowest BCUT2D eigenvalue weighted by molar-refractivity contribution is 0.0771. The molecule has 1 aliphatic heterocycles. The average molecular weight is 253 g/mol. The molecule has 1 aromatic rings. The second-order valence-electron chi connectivity index (χ2n) is 3.82. The number of hydrogen-bond acceptors (Lipinski definition) is 4. The molecule has 1 saturated heterocycles. The Morgan fingerprint density at radius 3 is 2.82 bits per heavy atom. The molecule has 1 N–H and O–H groups in total. The van der Waals surface area contributed by atoms with E-state index in [1.807, 2.05) is 0 Å². The van der Waals surface area contributed by atoms with Gasteiger partial charge >= 0.3 is 0 Å². The zero-order valence-corrected chi connectivity index (χ0v) is 10.5. The smallest absolute Gasteiger partial charge is 0.254 e. The molecule has 0 spiro atoms. The fourth-order valence-corrected chi connectivity index (χ4v) is 2.78. The monoisotopic (exact) mass is 253 g/mol. The second-order valence-corrected chi connectivity index (χ2v) is 5.52. The lowest BCUT2D eigenvalue weighted by Crippen LogP contribution is -2.41. The fourth-order valence-electron chi connectivity index (χ4n) is 1.72. The number of carbonyl (C=O) groups excluding carboxylic acids is 1. The van der Waals surface area contributed by atoms with Crippen LogP contribution >= 0.6 is 0 Å². The third-order valence-corrected chi connectivity index (χ3v) is 4.00. The van der Waals surface area contributed by atoms with E-state index >= 15 is 0 Å². The fraction of sp³-hybridized carbons (Fsp3) is 0.455. The van der Waals surface area contributed by atoms with Gasteiger partial charge in [0.1, 0.15) is 5.82 Å². The predicted molar refractivity (Wildman–Crippen MR) is 67.6 cm³/mol. The van der Waals surface area contributed by atoms with Gasteiger partial charge in [-0.1, -0.05) is 0 Å². The molecule has 6 heteroatoms. The van der Waals surface area contributed by atoms with Crippen LogP contribution in [0.4, 0.5) is 5.82 Å². The van der Waals surface area contributed by atoms with Gasteiger partial charge < -0.3 is 10.2 Å².